The highest BCUT2D eigenvalue weighted by molar-refractivity contribution is 7.92. The van der Waals surface area contributed by atoms with Gasteiger partial charge in [-0.3, -0.25) is 9.52 Å². The van der Waals surface area contributed by atoms with Gasteiger partial charge in [0.15, 0.2) is 0 Å². The molecule has 8 heteroatoms. The Hall–Kier alpha value is -2.09. The second-order valence-corrected chi connectivity index (χ2v) is 8.69. The third-order valence-corrected chi connectivity index (χ3v) is 6.30. The molecular formula is C20H26ClN3O3S. The van der Waals surface area contributed by atoms with Crippen LogP contribution < -0.4 is 10.5 Å². The Labute approximate surface area is 172 Å². The van der Waals surface area contributed by atoms with E-state index in [1.165, 1.54) is 12.1 Å². The predicted octanol–water partition coefficient (Wildman–Crippen LogP) is 3.11. The van der Waals surface area contributed by atoms with Gasteiger partial charge in [-0.15, -0.1) is 12.4 Å². The minimum Gasteiger partial charge on any atom is -0.338 e. The quantitative estimate of drug-likeness (QED) is 0.772. The first-order chi connectivity index (χ1) is 12.9. The van der Waals surface area contributed by atoms with Gasteiger partial charge in [-0.2, -0.15) is 0 Å². The van der Waals surface area contributed by atoms with Gasteiger partial charge >= 0.3 is 0 Å². The Kier molecular flexibility index (Phi) is 7.46. The number of nitrogens with one attached hydrogen (secondary N) is 1. The van der Waals surface area contributed by atoms with Crippen LogP contribution in [0.3, 0.4) is 0 Å². The molecule has 1 aliphatic heterocycles. The minimum absolute atomic E-state index is 0. The summed E-state index contributed by atoms with van der Waals surface area (Å²) in [6.07, 6.45) is 1.95. The van der Waals surface area contributed by atoms with Crippen molar-refractivity contribution in [3.63, 3.8) is 0 Å². The number of piperidine rings is 1. The summed E-state index contributed by atoms with van der Waals surface area (Å²) in [5.41, 5.74) is 6.83. The molecule has 2 aromatic carbocycles. The van der Waals surface area contributed by atoms with E-state index in [1.54, 1.807) is 42.5 Å². The van der Waals surface area contributed by atoms with Crippen molar-refractivity contribution in [2.75, 3.05) is 17.8 Å². The van der Waals surface area contributed by atoms with Gasteiger partial charge in [-0.05, 0) is 56.0 Å². The van der Waals surface area contributed by atoms with Crippen LogP contribution in [0.5, 0.6) is 0 Å². The number of carbonyl (C=O) groups is 1. The topological polar surface area (TPSA) is 92.5 Å². The van der Waals surface area contributed by atoms with Crippen LogP contribution in [-0.4, -0.2) is 38.4 Å². The van der Waals surface area contributed by atoms with Crippen LogP contribution in [-0.2, 0) is 10.0 Å². The Bertz CT molecular complexity index is 904. The maximum Gasteiger partial charge on any atom is 0.261 e. The molecule has 0 aliphatic carbocycles. The SMILES string of the molecule is CC(N)C1CCCN(C(=O)c2cccc(NS(=O)(=O)c3ccccc3)c2)C1.Cl. The minimum atomic E-state index is -3.69. The van der Waals surface area contributed by atoms with Crippen molar-refractivity contribution in [3.8, 4) is 0 Å². The van der Waals surface area contributed by atoms with E-state index in [9.17, 15) is 13.2 Å². The molecule has 6 nitrogen and oxygen atoms in total. The van der Waals surface area contributed by atoms with Gasteiger partial charge in [-0.25, -0.2) is 8.42 Å². The fourth-order valence-electron chi connectivity index (χ4n) is 3.34. The molecule has 0 bridgehead atoms. The van der Waals surface area contributed by atoms with Crippen molar-refractivity contribution in [3.05, 3.63) is 60.2 Å². The number of likely N-dealkylation sites (tertiary alicyclic amines) is 1. The molecule has 3 rings (SSSR count). The molecule has 3 N–H and O–H groups in total. The van der Waals surface area contributed by atoms with E-state index < -0.39 is 10.0 Å². The Morgan fingerprint density at radius 1 is 1.18 bits per heavy atom. The van der Waals surface area contributed by atoms with Crippen LogP contribution in [0.1, 0.15) is 30.1 Å². The van der Waals surface area contributed by atoms with Gasteiger partial charge in [0.2, 0.25) is 0 Å². The normalized spacial score (nSPS) is 18.1. The maximum absolute atomic E-state index is 12.9. The van der Waals surface area contributed by atoms with Crippen LogP contribution in [0.4, 0.5) is 5.69 Å². The van der Waals surface area contributed by atoms with Gasteiger partial charge in [0.25, 0.3) is 15.9 Å². The zero-order valence-electron chi connectivity index (χ0n) is 15.7. The van der Waals surface area contributed by atoms with Gasteiger partial charge < -0.3 is 10.6 Å². The number of amides is 1. The Morgan fingerprint density at radius 3 is 2.57 bits per heavy atom. The first-order valence-corrected chi connectivity index (χ1v) is 10.6. The monoisotopic (exact) mass is 423 g/mol. The summed E-state index contributed by atoms with van der Waals surface area (Å²) in [5, 5.41) is 0. The van der Waals surface area contributed by atoms with Gasteiger partial charge in [-0.1, -0.05) is 24.3 Å². The molecular weight excluding hydrogens is 398 g/mol. The molecule has 2 atom stereocenters. The number of carbonyl (C=O) groups excluding carboxylic acids is 1. The number of rotatable bonds is 5. The molecule has 0 spiro atoms. The molecule has 1 saturated heterocycles. The second kappa shape index (κ2) is 9.41. The maximum atomic E-state index is 12.9. The highest BCUT2D eigenvalue weighted by atomic mass is 35.5. The Balaban J connectivity index is 0.00000280. The zero-order chi connectivity index (χ0) is 19.4. The molecule has 1 heterocycles. The molecule has 152 valence electrons. The van der Waals surface area contributed by atoms with Crippen molar-refractivity contribution >= 4 is 34.0 Å². The van der Waals surface area contributed by atoms with E-state index >= 15 is 0 Å². The van der Waals surface area contributed by atoms with Crippen LogP contribution in [0.15, 0.2) is 59.5 Å². The molecule has 0 saturated carbocycles. The fraction of sp³-hybridized carbons (Fsp3) is 0.350. The molecule has 1 fully saturated rings. The number of hydrogen-bond acceptors (Lipinski definition) is 4. The Morgan fingerprint density at radius 2 is 1.89 bits per heavy atom. The summed E-state index contributed by atoms with van der Waals surface area (Å²) in [6, 6.07) is 14.8. The van der Waals surface area contributed by atoms with Crippen LogP contribution in [0.25, 0.3) is 0 Å². The molecule has 0 radical (unpaired) electrons. The summed E-state index contributed by atoms with van der Waals surface area (Å²) in [7, 11) is -3.69. The van der Waals surface area contributed by atoms with Crippen molar-refractivity contribution in [1.29, 1.82) is 0 Å². The average Bonchev–Trinajstić information content (AvgIpc) is 2.68. The first kappa shape index (κ1) is 22.2. The number of nitrogens with zero attached hydrogens (tertiary/aromatic N) is 1. The van der Waals surface area contributed by atoms with Gasteiger partial charge in [0, 0.05) is 30.4 Å². The van der Waals surface area contributed by atoms with Crippen LogP contribution in [0, 0.1) is 5.92 Å². The fourth-order valence-corrected chi connectivity index (χ4v) is 4.41. The summed E-state index contributed by atoms with van der Waals surface area (Å²) >= 11 is 0. The number of halogens is 1. The summed E-state index contributed by atoms with van der Waals surface area (Å²) in [5.74, 6) is 0.198. The lowest BCUT2D eigenvalue weighted by Crippen LogP contribution is -2.45. The van der Waals surface area contributed by atoms with Crippen molar-refractivity contribution in [2.45, 2.75) is 30.7 Å². The van der Waals surface area contributed by atoms with Crippen LogP contribution in [0.2, 0.25) is 0 Å². The zero-order valence-corrected chi connectivity index (χ0v) is 17.4. The standard InChI is InChI=1S/C20H25N3O3S.ClH/c1-15(21)17-8-6-12-23(14-17)20(24)16-7-5-9-18(13-16)22-27(25,26)19-10-3-2-4-11-19;/h2-5,7,9-11,13,15,17,22H,6,8,12,14,21H2,1H3;1H. The molecule has 2 aromatic rings. The first-order valence-electron chi connectivity index (χ1n) is 9.09. The lowest BCUT2D eigenvalue weighted by molar-refractivity contribution is 0.0661. The third kappa shape index (κ3) is 5.25. The predicted molar refractivity (Wildman–Crippen MR) is 113 cm³/mol. The molecule has 0 aromatic heterocycles. The van der Waals surface area contributed by atoms with Crippen LogP contribution >= 0.6 is 12.4 Å². The van der Waals surface area contributed by atoms with Crippen molar-refractivity contribution in [1.82, 2.24) is 4.90 Å². The van der Waals surface area contributed by atoms with E-state index in [0.29, 0.717) is 30.3 Å². The van der Waals surface area contributed by atoms with E-state index in [-0.39, 0.29) is 29.3 Å². The molecule has 2 unspecified atom stereocenters. The highest BCUT2D eigenvalue weighted by Gasteiger charge is 2.26. The number of sulfonamides is 1. The van der Waals surface area contributed by atoms with Gasteiger partial charge in [0.05, 0.1) is 4.90 Å². The summed E-state index contributed by atoms with van der Waals surface area (Å²) < 4.78 is 27.5. The second-order valence-electron chi connectivity index (χ2n) is 7.01. The summed E-state index contributed by atoms with van der Waals surface area (Å²) in [4.78, 5) is 14.8. The molecule has 28 heavy (non-hydrogen) atoms. The van der Waals surface area contributed by atoms with Crippen molar-refractivity contribution in [2.24, 2.45) is 11.7 Å². The number of anilines is 1. The largest absolute Gasteiger partial charge is 0.338 e. The average molecular weight is 424 g/mol. The molecule has 1 aliphatic rings. The van der Waals surface area contributed by atoms with E-state index in [0.717, 1.165) is 12.8 Å². The third-order valence-electron chi connectivity index (χ3n) is 4.90. The van der Waals surface area contributed by atoms with Gasteiger partial charge in [0.1, 0.15) is 0 Å². The number of nitrogens with two attached hydrogens (primary N) is 1. The van der Waals surface area contributed by atoms with Crippen molar-refractivity contribution < 1.29 is 13.2 Å². The number of benzene rings is 2. The summed E-state index contributed by atoms with van der Waals surface area (Å²) in [6.45, 7) is 3.30. The highest BCUT2D eigenvalue weighted by Crippen LogP contribution is 2.22. The van der Waals surface area contributed by atoms with E-state index in [4.69, 9.17) is 5.73 Å². The van der Waals surface area contributed by atoms with E-state index in [2.05, 4.69) is 4.72 Å². The lowest BCUT2D eigenvalue weighted by Gasteiger charge is -2.34. The van der Waals surface area contributed by atoms with E-state index in [1.807, 2.05) is 11.8 Å². The lowest BCUT2D eigenvalue weighted by atomic mass is 9.92. The number of hydrogen-bond donors (Lipinski definition) is 2. The molecule has 1 amide bonds. The smallest absolute Gasteiger partial charge is 0.261 e.